The van der Waals surface area contributed by atoms with Crippen LogP contribution in [0, 0.1) is 12.3 Å². The normalized spacial score (nSPS) is 14.4. The van der Waals surface area contributed by atoms with E-state index in [0.29, 0.717) is 27.2 Å². The maximum atomic E-state index is 12.7. The van der Waals surface area contributed by atoms with E-state index in [0.717, 1.165) is 21.1 Å². The lowest BCUT2D eigenvalue weighted by Crippen LogP contribution is -2.36. The molecule has 0 unspecified atom stereocenters. The van der Waals surface area contributed by atoms with Gasteiger partial charge in [-0.2, -0.15) is 0 Å². The van der Waals surface area contributed by atoms with Crippen molar-refractivity contribution in [2.75, 3.05) is 25.6 Å². The quantitative estimate of drug-likeness (QED) is 0.371. The van der Waals surface area contributed by atoms with Crippen molar-refractivity contribution in [2.45, 2.75) is 0 Å². The molecule has 10 heteroatoms. The van der Waals surface area contributed by atoms with Crippen LogP contribution in [0.2, 0.25) is 0 Å². The summed E-state index contributed by atoms with van der Waals surface area (Å²) in [5.41, 5.74) is 1.16. The van der Waals surface area contributed by atoms with Gasteiger partial charge < -0.3 is 14.8 Å². The number of anilines is 1. The average molecular weight is 580 g/mol. The monoisotopic (exact) mass is 578 g/mol. The van der Waals surface area contributed by atoms with Gasteiger partial charge in [0.1, 0.15) is 13.2 Å². The van der Waals surface area contributed by atoms with Gasteiger partial charge in [-0.3, -0.25) is 19.3 Å². The first-order valence-electron chi connectivity index (χ1n) is 9.07. The van der Waals surface area contributed by atoms with Crippen molar-refractivity contribution in [2.24, 2.45) is 0 Å². The molecule has 1 fully saturated rings. The lowest BCUT2D eigenvalue weighted by Gasteiger charge is -2.13. The van der Waals surface area contributed by atoms with Crippen LogP contribution in [0.1, 0.15) is 5.56 Å². The van der Waals surface area contributed by atoms with Crippen LogP contribution in [0.3, 0.4) is 0 Å². The summed E-state index contributed by atoms with van der Waals surface area (Å²) in [4.78, 5) is 38.5. The number of nitrogens with one attached hydrogen (secondary N) is 1. The van der Waals surface area contributed by atoms with Crippen molar-refractivity contribution >= 4 is 72.4 Å². The zero-order chi connectivity index (χ0) is 23.3. The highest BCUT2D eigenvalue weighted by molar-refractivity contribution is 9.10. The van der Waals surface area contributed by atoms with Crippen LogP contribution in [-0.2, 0) is 9.59 Å². The van der Waals surface area contributed by atoms with Crippen LogP contribution in [0.15, 0.2) is 50.2 Å². The highest BCUT2D eigenvalue weighted by Gasteiger charge is 2.36. The van der Waals surface area contributed by atoms with Gasteiger partial charge in [-0.15, -0.1) is 6.42 Å². The highest BCUT2D eigenvalue weighted by atomic mass is 79.9. The van der Waals surface area contributed by atoms with E-state index in [1.54, 1.807) is 42.5 Å². The van der Waals surface area contributed by atoms with Crippen LogP contribution in [0.5, 0.6) is 11.5 Å². The molecule has 0 bridgehead atoms. The second kappa shape index (κ2) is 10.7. The van der Waals surface area contributed by atoms with E-state index in [9.17, 15) is 14.4 Å². The van der Waals surface area contributed by atoms with Crippen molar-refractivity contribution in [3.63, 3.8) is 0 Å². The first-order chi connectivity index (χ1) is 15.3. The third-order valence-corrected chi connectivity index (χ3v) is 6.18. The molecule has 0 atom stereocenters. The Morgan fingerprint density at radius 1 is 1.25 bits per heavy atom. The number of halogens is 2. The Kier molecular flexibility index (Phi) is 8.01. The number of nitrogens with zero attached hydrogens (tertiary/aromatic N) is 1. The van der Waals surface area contributed by atoms with Gasteiger partial charge >= 0.3 is 0 Å². The molecule has 0 saturated carbocycles. The van der Waals surface area contributed by atoms with Crippen molar-refractivity contribution < 1.29 is 23.9 Å². The van der Waals surface area contributed by atoms with E-state index >= 15 is 0 Å². The molecule has 32 heavy (non-hydrogen) atoms. The van der Waals surface area contributed by atoms with Crippen LogP contribution < -0.4 is 14.8 Å². The number of carbonyl (C=O) groups excluding carboxylic acids is 3. The minimum atomic E-state index is -0.547. The molecule has 1 saturated heterocycles. The highest BCUT2D eigenvalue weighted by Crippen LogP contribution is 2.39. The van der Waals surface area contributed by atoms with Crippen LogP contribution >= 0.6 is 43.6 Å². The van der Waals surface area contributed by atoms with Crippen molar-refractivity contribution in [1.82, 2.24) is 4.90 Å². The molecule has 1 aliphatic rings. The van der Waals surface area contributed by atoms with Gasteiger partial charge in [-0.1, -0.05) is 21.9 Å². The molecular formula is C22H16Br2N2O5S. The topological polar surface area (TPSA) is 84.9 Å². The lowest BCUT2D eigenvalue weighted by atomic mass is 10.2. The Labute approximate surface area is 205 Å². The van der Waals surface area contributed by atoms with Gasteiger partial charge in [0.05, 0.1) is 16.5 Å². The minimum absolute atomic E-state index is 0.0650. The summed E-state index contributed by atoms with van der Waals surface area (Å²) in [6.07, 6.45) is 6.79. The predicted octanol–water partition coefficient (Wildman–Crippen LogP) is 4.91. The van der Waals surface area contributed by atoms with Gasteiger partial charge in [0.2, 0.25) is 5.91 Å². The second-order valence-electron chi connectivity index (χ2n) is 6.35. The van der Waals surface area contributed by atoms with E-state index in [1.165, 1.54) is 7.11 Å². The zero-order valence-corrected chi connectivity index (χ0v) is 20.7. The number of amides is 3. The lowest BCUT2D eigenvalue weighted by molar-refractivity contribution is -0.127. The number of ether oxygens (including phenoxy) is 2. The number of carbonyl (C=O) groups is 3. The maximum absolute atomic E-state index is 12.7. The number of imide groups is 1. The second-order valence-corrected chi connectivity index (χ2v) is 9.11. The average Bonchev–Trinajstić information content (AvgIpc) is 3.01. The first-order valence-corrected chi connectivity index (χ1v) is 11.5. The molecule has 0 spiro atoms. The molecule has 7 nitrogen and oxygen atoms in total. The summed E-state index contributed by atoms with van der Waals surface area (Å²) in [6, 6.07) is 10.3. The molecule has 1 aliphatic heterocycles. The van der Waals surface area contributed by atoms with Gasteiger partial charge in [0, 0.05) is 10.2 Å². The van der Waals surface area contributed by atoms with Gasteiger partial charge in [-0.25, -0.2) is 0 Å². The molecule has 3 amide bonds. The number of hydrogen-bond donors (Lipinski definition) is 1. The summed E-state index contributed by atoms with van der Waals surface area (Å²) >= 11 is 7.48. The molecule has 0 aromatic heterocycles. The largest absolute Gasteiger partial charge is 0.493 e. The van der Waals surface area contributed by atoms with Crippen LogP contribution in [-0.4, -0.2) is 42.2 Å². The first kappa shape index (κ1) is 23.9. The summed E-state index contributed by atoms with van der Waals surface area (Å²) < 4.78 is 12.3. The number of thioether (sulfide) groups is 1. The Morgan fingerprint density at radius 2 is 1.97 bits per heavy atom. The molecule has 3 rings (SSSR count). The van der Waals surface area contributed by atoms with E-state index in [-0.39, 0.29) is 18.1 Å². The maximum Gasteiger partial charge on any atom is 0.294 e. The van der Waals surface area contributed by atoms with Crippen molar-refractivity contribution in [1.29, 1.82) is 0 Å². The fraction of sp³-hybridized carbons (Fsp3) is 0.136. The van der Waals surface area contributed by atoms with Crippen molar-refractivity contribution in [3.05, 3.63) is 55.8 Å². The smallest absolute Gasteiger partial charge is 0.294 e. The summed E-state index contributed by atoms with van der Waals surface area (Å²) in [6.45, 7) is -0.320. The van der Waals surface area contributed by atoms with Gasteiger partial charge in [0.15, 0.2) is 11.5 Å². The summed E-state index contributed by atoms with van der Waals surface area (Å²) in [5.74, 6) is 2.20. The SMILES string of the molecule is C#CCOc1c(Br)cc(/C=C2\SC(=O)N(CC(=O)Nc3ccc(Br)cc3)C2=O)cc1OC. The van der Waals surface area contributed by atoms with E-state index < -0.39 is 17.1 Å². The van der Waals surface area contributed by atoms with Crippen LogP contribution in [0.4, 0.5) is 10.5 Å². The molecule has 0 radical (unpaired) electrons. The molecule has 164 valence electrons. The standard InChI is InChI=1S/C22H16Br2N2O5S/c1-3-8-31-20-16(24)9-13(10-17(20)30-2)11-18-21(28)26(22(29)32-18)12-19(27)25-15-6-4-14(23)5-7-15/h1,4-7,9-11H,8,12H2,2H3,(H,25,27)/b18-11-. The number of rotatable bonds is 7. The van der Waals surface area contributed by atoms with E-state index in [1.807, 2.05) is 0 Å². The Balaban J connectivity index is 1.75. The summed E-state index contributed by atoms with van der Waals surface area (Å²) in [7, 11) is 1.48. The van der Waals surface area contributed by atoms with E-state index in [2.05, 4.69) is 43.1 Å². The summed E-state index contributed by atoms with van der Waals surface area (Å²) in [5, 5.41) is 2.14. The van der Waals surface area contributed by atoms with Crippen LogP contribution in [0.25, 0.3) is 6.08 Å². The van der Waals surface area contributed by atoms with Crippen molar-refractivity contribution in [3.8, 4) is 23.8 Å². The van der Waals surface area contributed by atoms with Gasteiger partial charge in [-0.05, 0) is 75.7 Å². The molecule has 2 aromatic rings. The number of benzene rings is 2. The van der Waals surface area contributed by atoms with E-state index in [4.69, 9.17) is 15.9 Å². The zero-order valence-electron chi connectivity index (χ0n) is 16.7. The minimum Gasteiger partial charge on any atom is -0.493 e. The fourth-order valence-electron chi connectivity index (χ4n) is 2.74. The molecule has 0 aliphatic carbocycles. The third kappa shape index (κ3) is 5.73. The van der Waals surface area contributed by atoms with Gasteiger partial charge in [0.25, 0.3) is 11.1 Å². The number of hydrogen-bond acceptors (Lipinski definition) is 6. The third-order valence-electron chi connectivity index (χ3n) is 4.15. The molecule has 1 heterocycles. The Hall–Kier alpha value is -2.74. The predicted molar refractivity (Wildman–Crippen MR) is 130 cm³/mol. The Morgan fingerprint density at radius 3 is 2.62 bits per heavy atom. The number of terminal acetylenes is 1. The molecular weight excluding hydrogens is 564 g/mol. The Bertz CT molecular complexity index is 1140. The fourth-order valence-corrected chi connectivity index (χ4v) is 4.42. The molecule has 1 N–H and O–H groups in total. The number of methoxy groups -OCH3 is 1. The molecule has 2 aromatic carbocycles.